The van der Waals surface area contributed by atoms with E-state index in [1.807, 2.05) is 37.9 Å². The SMILES string of the molecule is CC(=O)N1CCCCC1c1ccc(N2CCN(C(=O)OC(C)(C)C)CC2)nc1. The molecule has 2 saturated heterocycles. The first kappa shape index (κ1) is 20.4. The van der Waals surface area contributed by atoms with Gasteiger partial charge in [0.25, 0.3) is 0 Å². The summed E-state index contributed by atoms with van der Waals surface area (Å²) in [4.78, 5) is 34.7. The average molecular weight is 389 g/mol. The van der Waals surface area contributed by atoms with Crippen LogP contribution in [0.15, 0.2) is 18.3 Å². The molecule has 0 N–H and O–H groups in total. The number of amides is 2. The molecule has 28 heavy (non-hydrogen) atoms. The van der Waals surface area contributed by atoms with Crippen molar-refractivity contribution in [2.75, 3.05) is 37.6 Å². The summed E-state index contributed by atoms with van der Waals surface area (Å²) in [6.07, 6.45) is 4.86. The molecule has 7 nitrogen and oxygen atoms in total. The number of piperidine rings is 1. The van der Waals surface area contributed by atoms with Gasteiger partial charge in [0, 0.05) is 45.8 Å². The fourth-order valence-electron chi connectivity index (χ4n) is 3.88. The quantitative estimate of drug-likeness (QED) is 0.778. The number of anilines is 1. The summed E-state index contributed by atoms with van der Waals surface area (Å²) in [5.41, 5.74) is 0.629. The molecule has 3 heterocycles. The van der Waals surface area contributed by atoms with E-state index in [1.54, 1.807) is 11.8 Å². The number of nitrogens with zero attached hydrogens (tertiary/aromatic N) is 4. The molecular formula is C21H32N4O3. The van der Waals surface area contributed by atoms with Crippen molar-refractivity contribution in [3.63, 3.8) is 0 Å². The molecule has 2 fully saturated rings. The van der Waals surface area contributed by atoms with Crippen LogP contribution in [0.4, 0.5) is 10.6 Å². The van der Waals surface area contributed by atoms with Gasteiger partial charge in [-0.05, 0) is 51.7 Å². The number of pyridine rings is 1. The summed E-state index contributed by atoms with van der Waals surface area (Å²) in [6.45, 7) is 10.8. The van der Waals surface area contributed by atoms with Crippen molar-refractivity contribution in [3.05, 3.63) is 23.9 Å². The zero-order valence-electron chi connectivity index (χ0n) is 17.5. The Bertz CT molecular complexity index is 691. The van der Waals surface area contributed by atoms with Crippen LogP contribution in [0.1, 0.15) is 58.6 Å². The average Bonchev–Trinajstić information content (AvgIpc) is 2.67. The van der Waals surface area contributed by atoms with E-state index in [1.165, 1.54) is 0 Å². The van der Waals surface area contributed by atoms with Crippen molar-refractivity contribution < 1.29 is 14.3 Å². The Hall–Kier alpha value is -2.31. The molecular weight excluding hydrogens is 356 g/mol. The predicted octanol–water partition coefficient (Wildman–Crippen LogP) is 3.21. The van der Waals surface area contributed by atoms with E-state index in [2.05, 4.69) is 16.0 Å². The highest BCUT2D eigenvalue weighted by atomic mass is 16.6. The van der Waals surface area contributed by atoms with Gasteiger partial charge in [-0.25, -0.2) is 9.78 Å². The molecule has 1 unspecified atom stereocenters. The van der Waals surface area contributed by atoms with Crippen LogP contribution in [-0.2, 0) is 9.53 Å². The molecule has 0 bridgehead atoms. The number of carbonyl (C=O) groups is 2. The van der Waals surface area contributed by atoms with Crippen LogP contribution in [-0.4, -0.2) is 65.1 Å². The molecule has 1 aromatic rings. The molecule has 0 aliphatic carbocycles. The number of carbonyl (C=O) groups excluding carboxylic acids is 2. The van der Waals surface area contributed by atoms with Crippen LogP contribution in [0.2, 0.25) is 0 Å². The molecule has 3 rings (SSSR count). The lowest BCUT2D eigenvalue weighted by atomic mass is 9.96. The molecule has 0 saturated carbocycles. The molecule has 1 aromatic heterocycles. The van der Waals surface area contributed by atoms with Gasteiger partial charge in [-0.3, -0.25) is 4.79 Å². The number of rotatable bonds is 2. The van der Waals surface area contributed by atoms with Crippen LogP contribution in [0.3, 0.4) is 0 Å². The lowest BCUT2D eigenvalue weighted by Gasteiger charge is -2.37. The number of ether oxygens (including phenoxy) is 1. The Kier molecular flexibility index (Phi) is 6.10. The van der Waals surface area contributed by atoms with E-state index < -0.39 is 5.60 Å². The van der Waals surface area contributed by atoms with E-state index in [0.29, 0.717) is 13.1 Å². The molecule has 0 aromatic carbocycles. The minimum absolute atomic E-state index is 0.132. The van der Waals surface area contributed by atoms with Gasteiger partial charge in [-0.15, -0.1) is 0 Å². The third-order valence-corrected chi connectivity index (χ3v) is 5.32. The van der Waals surface area contributed by atoms with Crippen molar-refractivity contribution >= 4 is 17.8 Å². The van der Waals surface area contributed by atoms with E-state index in [-0.39, 0.29) is 18.0 Å². The molecule has 7 heteroatoms. The van der Waals surface area contributed by atoms with Crippen LogP contribution in [0, 0.1) is 0 Å². The van der Waals surface area contributed by atoms with Gasteiger partial charge in [-0.1, -0.05) is 6.07 Å². The van der Waals surface area contributed by atoms with Crippen LogP contribution in [0.5, 0.6) is 0 Å². The summed E-state index contributed by atoms with van der Waals surface area (Å²) >= 11 is 0. The van der Waals surface area contributed by atoms with Crippen LogP contribution >= 0.6 is 0 Å². The lowest BCUT2D eigenvalue weighted by molar-refractivity contribution is -0.132. The van der Waals surface area contributed by atoms with Crippen molar-refractivity contribution in [2.24, 2.45) is 0 Å². The zero-order chi connectivity index (χ0) is 20.3. The fourth-order valence-corrected chi connectivity index (χ4v) is 3.88. The maximum absolute atomic E-state index is 12.2. The highest BCUT2D eigenvalue weighted by Crippen LogP contribution is 2.31. The van der Waals surface area contributed by atoms with Gasteiger partial charge in [0.05, 0.1) is 6.04 Å². The van der Waals surface area contributed by atoms with Crippen molar-refractivity contribution in [1.82, 2.24) is 14.8 Å². The van der Waals surface area contributed by atoms with E-state index in [9.17, 15) is 9.59 Å². The third kappa shape index (κ3) is 4.94. The molecule has 2 aliphatic rings. The van der Waals surface area contributed by atoms with E-state index in [0.717, 1.165) is 50.3 Å². The predicted molar refractivity (Wildman–Crippen MR) is 108 cm³/mol. The second kappa shape index (κ2) is 8.37. The highest BCUT2D eigenvalue weighted by Gasteiger charge is 2.28. The summed E-state index contributed by atoms with van der Waals surface area (Å²) in [7, 11) is 0. The number of piperazine rings is 1. The van der Waals surface area contributed by atoms with Crippen molar-refractivity contribution in [1.29, 1.82) is 0 Å². The number of aromatic nitrogens is 1. The fraction of sp³-hybridized carbons (Fsp3) is 0.667. The monoisotopic (exact) mass is 388 g/mol. The molecule has 1 atom stereocenters. The first-order valence-corrected chi connectivity index (χ1v) is 10.2. The standard InChI is InChI=1S/C21H32N4O3/c1-16(26)25-10-6-5-7-18(25)17-8-9-19(22-15-17)23-11-13-24(14-12-23)20(27)28-21(2,3)4/h8-9,15,18H,5-7,10-14H2,1-4H3. The molecule has 2 amide bonds. The Balaban J connectivity index is 1.59. The Morgan fingerprint density at radius 1 is 1.07 bits per heavy atom. The third-order valence-electron chi connectivity index (χ3n) is 5.32. The number of hydrogen-bond acceptors (Lipinski definition) is 5. The maximum atomic E-state index is 12.2. The normalized spacial score (nSPS) is 20.9. The molecule has 2 aliphatic heterocycles. The van der Waals surface area contributed by atoms with Gasteiger partial charge in [0.2, 0.25) is 5.91 Å². The second-order valence-corrected chi connectivity index (χ2v) is 8.63. The minimum Gasteiger partial charge on any atom is -0.444 e. The van der Waals surface area contributed by atoms with Crippen molar-refractivity contribution in [2.45, 2.75) is 58.6 Å². The lowest BCUT2D eigenvalue weighted by Crippen LogP contribution is -2.50. The van der Waals surface area contributed by atoms with Gasteiger partial charge < -0.3 is 19.4 Å². The van der Waals surface area contributed by atoms with E-state index in [4.69, 9.17) is 4.74 Å². The van der Waals surface area contributed by atoms with E-state index >= 15 is 0 Å². The topological polar surface area (TPSA) is 66.0 Å². The molecule has 0 radical (unpaired) electrons. The Morgan fingerprint density at radius 2 is 1.79 bits per heavy atom. The largest absolute Gasteiger partial charge is 0.444 e. The van der Waals surface area contributed by atoms with Crippen LogP contribution < -0.4 is 4.90 Å². The number of likely N-dealkylation sites (tertiary alicyclic amines) is 1. The molecule has 154 valence electrons. The summed E-state index contributed by atoms with van der Waals surface area (Å²) in [5, 5.41) is 0. The van der Waals surface area contributed by atoms with Gasteiger partial charge in [0.15, 0.2) is 0 Å². The molecule has 0 spiro atoms. The summed E-state index contributed by atoms with van der Waals surface area (Å²) < 4.78 is 5.45. The summed E-state index contributed by atoms with van der Waals surface area (Å²) in [5.74, 6) is 1.05. The van der Waals surface area contributed by atoms with Gasteiger partial charge >= 0.3 is 6.09 Å². The summed E-state index contributed by atoms with van der Waals surface area (Å²) in [6, 6.07) is 4.26. The second-order valence-electron chi connectivity index (χ2n) is 8.63. The Labute approximate surface area is 167 Å². The first-order valence-electron chi connectivity index (χ1n) is 10.2. The minimum atomic E-state index is -0.474. The maximum Gasteiger partial charge on any atom is 0.410 e. The Morgan fingerprint density at radius 3 is 2.36 bits per heavy atom. The highest BCUT2D eigenvalue weighted by molar-refractivity contribution is 5.74. The zero-order valence-corrected chi connectivity index (χ0v) is 17.5. The van der Waals surface area contributed by atoms with Gasteiger partial charge in [0.1, 0.15) is 11.4 Å². The smallest absolute Gasteiger partial charge is 0.410 e. The first-order chi connectivity index (χ1) is 13.2. The van der Waals surface area contributed by atoms with Crippen LogP contribution in [0.25, 0.3) is 0 Å². The van der Waals surface area contributed by atoms with Gasteiger partial charge in [-0.2, -0.15) is 0 Å². The van der Waals surface area contributed by atoms with Crippen molar-refractivity contribution in [3.8, 4) is 0 Å². The number of hydrogen-bond donors (Lipinski definition) is 0.